The smallest absolute Gasteiger partial charge is 0.0540 e. The summed E-state index contributed by atoms with van der Waals surface area (Å²) in [5.74, 6) is 0. The largest absolute Gasteiger partial charge is 0.309 e. The van der Waals surface area contributed by atoms with E-state index < -0.39 is 0 Å². The highest BCUT2D eigenvalue weighted by Crippen LogP contribution is 2.47. The van der Waals surface area contributed by atoms with Crippen LogP contribution in [0, 0.1) is 0 Å². The van der Waals surface area contributed by atoms with Crippen LogP contribution in [0.4, 0.5) is 17.1 Å². The lowest BCUT2D eigenvalue weighted by atomic mass is 9.86. The molecule has 10 rings (SSSR count). The molecule has 302 valence electrons. The van der Waals surface area contributed by atoms with Crippen LogP contribution >= 0.6 is 0 Å². The van der Waals surface area contributed by atoms with Crippen LogP contribution < -0.4 is 4.90 Å². The Labute approximate surface area is 372 Å². The topological polar surface area (TPSA) is 3.24 Å². The van der Waals surface area contributed by atoms with E-state index in [1.165, 1.54) is 72.0 Å². The SMILES string of the molecule is CC(C)(C)c1ccc(-c2ccccc2N(c2ccc(-c3ccc(-c4ccccc4)c(-c4ccccc4)c3)cc2)c2ccccc2-c2cccc3cccc(-c4ccccc4)c23)cc1. The molecule has 10 aromatic rings. The second-order valence-corrected chi connectivity index (χ2v) is 17.3. The summed E-state index contributed by atoms with van der Waals surface area (Å²) in [5, 5.41) is 2.46. The first-order chi connectivity index (χ1) is 30.9. The second kappa shape index (κ2) is 17.0. The van der Waals surface area contributed by atoms with Gasteiger partial charge in [-0.2, -0.15) is 0 Å². The normalized spacial score (nSPS) is 11.4. The number of hydrogen-bond donors (Lipinski definition) is 0. The molecule has 0 spiro atoms. The summed E-state index contributed by atoms with van der Waals surface area (Å²) in [6, 6.07) is 88.5. The summed E-state index contributed by atoms with van der Waals surface area (Å²) in [4.78, 5) is 2.46. The highest BCUT2D eigenvalue weighted by Gasteiger charge is 2.23. The summed E-state index contributed by atoms with van der Waals surface area (Å²) >= 11 is 0. The van der Waals surface area contributed by atoms with Gasteiger partial charge in [0.15, 0.2) is 0 Å². The Morgan fingerprint density at radius 2 is 0.730 bits per heavy atom. The molecule has 0 unspecified atom stereocenters. The van der Waals surface area contributed by atoms with E-state index in [-0.39, 0.29) is 5.41 Å². The van der Waals surface area contributed by atoms with Gasteiger partial charge in [-0.25, -0.2) is 0 Å². The minimum Gasteiger partial charge on any atom is -0.309 e. The Bertz CT molecular complexity index is 3150. The van der Waals surface area contributed by atoms with Crippen LogP contribution in [0.5, 0.6) is 0 Å². The first-order valence-corrected chi connectivity index (χ1v) is 21.9. The standard InChI is InChI=1S/C62H49N/c1-62(2,3)51-38-33-48(34-39-51)54-27-13-15-31-59(54)63(60-32-16-14-28-56(60)57-30-18-26-49-25-17-29-55(61(49)57)46-21-9-5-10-22-46)52-40-35-44(36-41-52)50-37-42-53(45-19-7-4-8-20-45)58(43-50)47-23-11-6-12-24-47/h4-43H,1-3H3. The number of anilines is 3. The van der Waals surface area contributed by atoms with Gasteiger partial charge < -0.3 is 4.90 Å². The van der Waals surface area contributed by atoms with Crippen LogP contribution in [0.2, 0.25) is 0 Å². The molecular formula is C62H49N. The van der Waals surface area contributed by atoms with Crippen molar-refractivity contribution < 1.29 is 0 Å². The number of rotatable bonds is 9. The molecule has 10 aromatic carbocycles. The molecule has 0 bridgehead atoms. The van der Waals surface area contributed by atoms with Crippen LogP contribution in [-0.2, 0) is 5.41 Å². The minimum absolute atomic E-state index is 0.0611. The lowest BCUT2D eigenvalue weighted by Crippen LogP contribution is -2.13. The van der Waals surface area contributed by atoms with Gasteiger partial charge in [-0.1, -0.05) is 233 Å². The van der Waals surface area contributed by atoms with E-state index in [9.17, 15) is 0 Å². The Morgan fingerprint density at radius 3 is 1.33 bits per heavy atom. The zero-order valence-electron chi connectivity index (χ0n) is 36.0. The summed E-state index contributed by atoms with van der Waals surface area (Å²) in [7, 11) is 0. The Morgan fingerprint density at radius 1 is 0.286 bits per heavy atom. The molecule has 0 amide bonds. The average Bonchev–Trinajstić information content (AvgIpc) is 3.35. The monoisotopic (exact) mass is 807 g/mol. The van der Waals surface area contributed by atoms with Crippen molar-refractivity contribution in [3.63, 3.8) is 0 Å². The number of hydrogen-bond acceptors (Lipinski definition) is 1. The van der Waals surface area contributed by atoms with Crippen LogP contribution in [0.15, 0.2) is 243 Å². The van der Waals surface area contributed by atoms with Crippen LogP contribution in [0.25, 0.3) is 77.5 Å². The number of fused-ring (bicyclic) bond motifs is 1. The Kier molecular flexibility index (Phi) is 10.6. The van der Waals surface area contributed by atoms with Crippen molar-refractivity contribution in [2.24, 2.45) is 0 Å². The van der Waals surface area contributed by atoms with Gasteiger partial charge in [0, 0.05) is 16.8 Å². The number of para-hydroxylation sites is 2. The molecule has 0 aliphatic carbocycles. The van der Waals surface area contributed by atoms with Crippen molar-refractivity contribution in [3.05, 3.63) is 248 Å². The lowest BCUT2D eigenvalue weighted by molar-refractivity contribution is 0.590. The van der Waals surface area contributed by atoms with Gasteiger partial charge in [-0.3, -0.25) is 0 Å². The molecule has 1 heteroatoms. The van der Waals surface area contributed by atoms with E-state index >= 15 is 0 Å². The van der Waals surface area contributed by atoms with Gasteiger partial charge in [0.1, 0.15) is 0 Å². The van der Waals surface area contributed by atoms with Gasteiger partial charge in [0.05, 0.1) is 11.4 Å². The fraction of sp³-hybridized carbons (Fsp3) is 0.0645. The van der Waals surface area contributed by atoms with Crippen molar-refractivity contribution in [3.8, 4) is 66.8 Å². The second-order valence-electron chi connectivity index (χ2n) is 17.3. The first-order valence-electron chi connectivity index (χ1n) is 21.9. The Hall–Kier alpha value is -7.74. The molecule has 0 N–H and O–H groups in total. The Balaban J connectivity index is 1.15. The third-order valence-corrected chi connectivity index (χ3v) is 12.3. The molecular weight excluding hydrogens is 759 g/mol. The average molecular weight is 808 g/mol. The summed E-state index contributed by atoms with van der Waals surface area (Å²) < 4.78 is 0. The van der Waals surface area contributed by atoms with Crippen molar-refractivity contribution in [2.75, 3.05) is 4.90 Å². The van der Waals surface area contributed by atoms with Crippen LogP contribution in [0.3, 0.4) is 0 Å². The van der Waals surface area contributed by atoms with Gasteiger partial charge in [-0.05, 0) is 108 Å². The summed E-state index contributed by atoms with van der Waals surface area (Å²) in [6.07, 6.45) is 0. The molecule has 0 fully saturated rings. The maximum atomic E-state index is 2.46. The molecule has 63 heavy (non-hydrogen) atoms. The molecule has 0 heterocycles. The highest BCUT2D eigenvalue weighted by molar-refractivity contribution is 6.09. The van der Waals surface area contributed by atoms with E-state index in [0.717, 1.165) is 28.2 Å². The molecule has 0 radical (unpaired) electrons. The highest BCUT2D eigenvalue weighted by atomic mass is 15.1. The van der Waals surface area contributed by atoms with Gasteiger partial charge >= 0.3 is 0 Å². The minimum atomic E-state index is 0.0611. The lowest BCUT2D eigenvalue weighted by Gasteiger charge is -2.30. The van der Waals surface area contributed by atoms with Crippen molar-refractivity contribution in [2.45, 2.75) is 26.2 Å². The predicted molar refractivity (Wildman–Crippen MR) is 270 cm³/mol. The van der Waals surface area contributed by atoms with Crippen LogP contribution in [0.1, 0.15) is 26.3 Å². The third-order valence-electron chi connectivity index (χ3n) is 12.3. The van der Waals surface area contributed by atoms with Gasteiger partial charge in [0.25, 0.3) is 0 Å². The zero-order valence-corrected chi connectivity index (χ0v) is 36.0. The third kappa shape index (κ3) is 7.87. The maximum Gasteiger partial charge on any atom is 0.0540 e. The molecule has 0 atom stereocenters. The molecule has 0 saturated heterocycles. The number of nitrogens with zero attached hydrogens (tertiary/aromatic N) is 1. The molecule has 1 nitrogen and oxygen atoms in total. The van der Waals surface area contributed by atoms with E-state index in [4.69, 9.17) is 0 Å². The van der Waals surface area contributed by atoms with Crippen molar-refractivity contribution >= 4 is 27.8 Å². The van der Waals surface area contributed by atoms with E-state index in [0.29, 0.717) is 0 Å². The first kappa shape index (κ1) is 39.4. The number of benzene rings is 10. The zero-order chi connectivity index (χ0) is 42.8. The maximum absolute atomic E-state index is 2.46. The van der Waals surface area contributed by atoms with Crippen molar-refractivity contribution in [1.29, 1.82) is 0 Å². The molecule has 0 aliphatic heterocycles. The van der Waals surface area contributed by atoms with Crippen LogP contribution in [-0.4, -0.2) is 0 Å². The van der Waals surface area contributed by atoms with Crippen molar-refractivity contribution in [1.82, 2.24) is 0 Å². The summed E-state index contributed by atoms with van der Waals surface area (Å²) in [5.41, 5.74) is 19.0. The van der Waals surface area contributed by atoms with E-state index in [1.807, 2.05) is 0 Å². The molecule has 0 aromatic heterocycles. The molecule has 0 saturated carbocycles. The fourth-order valence-corrected chi connectivity index (χ4v) is 9.04. The fourth-order valence-electron chi connectivity index (χ4n) is 9.04. The molecule has 0 aliphatic rings. The van der Waals surface area contributed by atoms with Gasteiger partial charge in [0.2, 0.25) is 0 Å². The summed E-state index contributed by atoms with van der Waals surface area (Å²) in [6.45, 7) is 6.82. The van der Waals surface area contributed by atoms with Gasteiger partial charge in [-0.15, -0.1) is 0 Å². The quantitative estimate of drug-likeness (QED) is 0.140. The van der Waals surface area contributed by atoms with E-state index in [1.54, 1.807) is 0 Å². The van der Waals surface area contributed by atoms with E-state index in [2.05, 4.69) is 268 Å². The predicted octanol–water partition coefficient (Wildman–Crippen LogP) is 17.6.